The summed E-state index contributed by atoms with van der Waals surface area (Å²) in [7, 11) is 1.87. The third-order valence-corrected chi connectivity index (χ3v) is 3.72. The lowest BCUT2D eigenvalue weighted by Crippen LogP contribution is -2.36. The van der Waals surface area contributed by atoms with Crippen LogP contribution in [-0.4, -0.2) is 42.2 Å². The molecule has 0 aliphatic heterocycles. The highest BCUT2D eigenvalue weighted by Crippen LogP contribution is 2.32. The summed E-state index contributed by atoms with van der Waals surface area (Å²) in [6.45, 7) is 2.97. The van der Waals surface area contributed by atoms with Crippen molar-refractivity contribution in [1.82, 2.24) is 4.90 Å². The number of likely N-dealkylation sites (N-methyl/N-ethyl adjacent to an activating group) is 1. The summed E-state index contributed by atoms with van der Waals surface area (Å²) in [5.41, 5.74) is 2.08. The molecule has 4 heteroatoms. The second-order valence-corrected chi connectivity index (χ2v) is 5.70. The number of carbonyl (C=O) groups is 1. The number of aliphatic hydroxyl groups excluding tert-OH is 1. The molecule has 0 heterocycles. The van der Waals surface area contributed by atoms with Crippen LogP contribution in [0, 0.1) is 5.92 Å². The number of anilines is 1. The van der Waals surface area contributed by atoms with E-state index >= 15 is 0 Å². The molecule has 0 radical (unpaired) electrons. The number of nitrogens with one attached hydrogen (secondary N) is 1. The van der Waals surface area contributed by atoms with Gasteiger partial charge in [0.2, 0.25) is 5.91 Å². The minimum absolute atomic E-state index is 0.0419. The molecule has 1 atom stereocenters. The van der Waals surface area contributed by atoms with Crippen molar-refractivity contribution in [1.29, 1.82) is 0 Å². The molecule has 0 bridgehead atoms. The van der Waals surface area contributed by atoms with E-state index < -0.39 is 0 Å². The van der Waals surface area contributed by atoms with Crippen LogP contribution in [0.5, 0.6) is 0 Å². The van der Waals surface area contributed by atoms with Crippen LogP contribution in [0.3, 0.4) is 0 Å². The number of amides is 1. The van der Waals surface area contributed by atoms with Crippen LogP contribution in [-0.2, 0) is 11.2 Å². The van der Waals surface area contributed by atoms with Gasteiger partial charge in [0.05, 0.1) is 12.6 Å². The quantitative estimate of drug-likeness (QED) is 0.799. The van der Waals surface area contributed by atoms with Crippen molar-refractivity contribution in [2.45, 2.75) is 32.3 Å². The van der Waals surface area contributed by atoms with Gasteiger partial charge in [0.15, 0.2) is 0 Å². The number of hydrogen-bond donors (Lipinski definition) is 2. The maximum Gasteiger partial charge on any atom is 0.238 e. The standard InChI is InChI=1S/C16H24N2O2/c1-3-12-4-8-14(9-5-12)17-16(20)11-18(2)10-15(19)13-6-7-13/h4-5,8-9,13,15,19H,3,6-7,10-11H2,1-2H3,(H,17,20). The van der Waals surface area contributed by atoms with E-state index in [0.29, 0.717) is 19.0 Å². The van der Waals surface area contributed by atoms with Crippen molar-refractivity contribution in [3.8, 4) is 0 Å². The predicted molar refractivity (Wildman–Crippen MR) is 80.7 cm³/mol. The van der Waals surface area contributed by atoms with Crippen molar-refractivity contribution in [2.24, 2.45) is 5.92 Å². The Morgan fingerprint density at radius 2 is 2.05 bits per heavy atom. The molecule has 1 aliphatic rings. The average molecular weight is 276 g/mol. The highest BCUT2D eigenvalue weighted by Gasteiger charge is 2.30. The molecule has 1 amide bonds. The summed E-state index contributed by atoms with van der Waals surface area (Å²) < 4.78 is 0. The molecule has 1 fully saturated rings. The van der Waals surface area contributed by atoms with Crippen molar-refractivity contribution >= 4 is 11.6 Å². The Bertz CT molecular complexity index is 440. The molecule has 4 nitrogen and oxygen atoms in total. The maximum atomic E-state index is 11.9. The SMILES string of the molecule is CCc1ccc(NC(=O)CN(C)CC(O)C2CC2)cc1. The summed E-state index contributed by atoms with van der Waals surface area (Å²) in [6, 6.07) is 7.90. The highest BCUT2D eigenvalue weighted by molar-refractivity contribution is 5.92. The molecule has 2 N–H and O–H groups in total. The zero-order valence-corrected chi connectivity index (χ0v) is 12.3. The van der Waals surface area contributed by atoms with Gasteiger partial charge in [-0.1, -0.05) is 19.1 Å². The van der Waals surface area contributed by atoms with Gasteiger partial charge in [0.1, 0.15) is 0 Å². The van der Waals surface area contributed by atoms with Crippen LogP contribution in [0.25, 0.3) is 0 Å². The van der Waals surface area contributed by atoms with Crippen molar-refractivity contribution in [3.05, 3.63) is 29.8 Å². The molecule has 1 aromatic carbocycles. The second-order valence-electron chi connectivity index (χ2n) is 5.70. The third-order valence-electron chi connectivity index (χ3n) is 3.72. The number of aliphatic hydroxyl groups is 1. The fraction of sp³-hybridized carbons (Fsp3) is 0.562. The zero-order valence-electron chi connectivity index (χ0n) is 12.3. The zero-order chi connectivity index (χ0) is 14.5. The summed E-state index contributed by atoms with van der Waals surface area (Å²) in [5, 5.41) is 12.7. The summed E-state index contributed by atoms with van der Waals surface area (Å²) in [5.74, 6) is 0.404. The monoisotopic (exact) mass is 276 g/mol. The third kappa shape index (κ3) is 4.62. The minimum atomic E-state index is -0.295. The van der Waals surface area contributed by atoms with E-state index in [9.17, 15) is 9.90 Å². The lowest BCUT2D eigenvalue weighted by atomic mass is 10.1. The Morgan fingerprint density at radius 1 is 1.40 bits per heavy atom. The van der Waals surface area contributed by atoms with Crippen molar-refractivity contribution in [3.63, 3.8) is 0 Å². The van der Waals surface area contributed by atoms with Gasteiger partial charge in [0, 0.05) is 12.2 Å². The lowest BCUT2D eigenvalue weighted by molar-refractivity contribution is -0.117. The van der Waals surface area contributed by atoms with E-state index in [1.165, 1.54) is 5.56 Å². The van der Waals surface area contributed by atoms with Crippen molar-refractivity contribution in [2.75, 3.05) is 25.5 Å². The minimum Gasteiger partial charge on any atom is -0.392 e. The van der Waals surface area contributed by atoms with Gasteiger partial charge in [-0.2, -0.15) is 0 Å². The molecule has 1 aliphatic carbocycles. The number of nitrogens with zero attached hydrogens (tertiary/aromatic N) is 1. The molecule has 0 aromatic heterocycles. The van der Waals surface area contributed by atoms with Crippen LogP contribution in [0.1, 0.15) is 25.3 Å². The van der Waals surface area contributed by atoms with E-state index in [2.05, 4.69) is 12.2 Å². The molecular formula is C16H24N2O2. The van der Waals surface area contributed by atoms with E-state index in [0.717, 1.165) is 24.9 Å². The molecule has 1 unspecified atom stereocenters. The molecular weight excluding hydrogens is 252 g/mol. The van der Waals surface area contributed by atoms with E-state index in [-0.39, 0.29) is 12.0 Å². The van der Waals surface area contributed by atoms with Gasteiger partial charge < -0.3 is 10.4 Å². The molecule has 0 saturated heterocycles. The maximum absolute atomic E-state index is 11.9. The van der Waals surface area contributed by atoms with Gasteiger partial charge in [-0.05, 0) is 49.9 Å². The first kappa shape index (κ1) is 15.0. The first-order valence-electron chi connectivity index (χ1n) is 7.34. The molecule has 20 heavy (non-hydrogen) atoms. The predicted octanol–water partition coefficient (Wildman–Crippen LogP) is 1.89. The Morgan fingerprint density at radius 3 is 2.60 bits per heavy atom. The lowest BCUT2D eigenvalue weighted by Gasteiger charge is -2.19. The smallest absolute Gasteiger partial charge is 0.238 e. The molecule has 0 spiro atoms. The molecule has 2 rings (SSSR count). The number of benzene rings is 1. The second kappa shape index (κ2) is 6.86. The first-order valence-corrected chi connectivity index (χ1v) is 7.34. The van der Waals surface area contributed by atoms with E-state index in [4.69, 9.17) is 0 Å². The fourth-order valence-corrected chi connectivity index (χ4v) is 2.28. The van der Waals surface area contributed by atoms with Gasteiger partial charge in [-0.15, -0.1) is 0 Å². The summed E-state index contributed by atoms with van der Waals surface area (Å²) in [4.78, 5) is 13.8. The van der Waals surface area contributed by atoms with Crippen LogP contribution >= 0.6 is 0 Å². The normalized spacial score (nSPS) is 16.2. The number of aryl methyl sites for hydroxylation is 1. The van der Waals surface area contributed by atoms with Crippen molar-refractivity contribution < 1.29 is 9.90 Å². The van der Waals surface area contributed by atoms with E-state index in [1.54, 1.807) is 0 Å². The first-order chi connectivity index (χ1) is 9.58. The van der Waals surface area contributed by atoms with E-state index in [1.807, 2.05) is 36.2 Å². The summed E-state index contributed by atoms with van der Waals surface area (Å²) in [6.07, 6.45) is 2.93. The van der Waals surface area contributed by atoms with Crippen LogP contribution in [0.4, 0.5) is 5.69 Å². The Labute approximate surface area is 120 Å². The van der Waals surface area contributed by atoms with Gasteiger partial charge in [0.25, 0.3) is 0 Å². The van der Waals surface area contributed by atoms with Gasteiger partial charge >= 0.3 is 0 Å². The largest absolute Gasteiger partial charge is 0.392 e. The number of carbonyl (C=O) groups excluding carboxylic acids is 1. The highest BCUT2D eigenvalue weighted by atomic mass is 16.3. The topological polar surface area (TPSA) is 52.6 Å². The Kier molecular flexibility index (Phi) is 5.15. The molecule has 1 saturated carbocycles. The van der Waals surface area contributed by atoms with Crippen LogP contribution < -0.4 is 5.32 Å². The van der Waals surface area contributed by atoms with Gasteiger partial charge in [-0.3, -0.25) is 9.69 Å². The van der Waals surface area contributed by atoms with Crippen LogP contribution in [0.15, 0.2) is 24.3 Å². The fourth-order valence-electron chi connectivity index (χ4n) is 2.28. The van der Waals surface area contributed by atoms with Gasteiger partial charge in [-0.25, -0.2) is 0 Å². The number of rotatable bonds is 7. The van der Waals surface area contributed by atoms with Crippen LogP contribution in [0.2, 0.25) is 0 Å². The molecule has 110 valence electrons. The summed E-state index contributed by atoms with van der Waals surface area (Å²) >= 11 is 0. The average Bonchev–Trinajstić information content (AvgIpc) is 3.23. The molecule has 1 aromatic rings. The number of hydrogen-bond acceptors (Lipinski definition) is 3. The Hall–Kier alpha value is -1.39. The Balaban J connectivity index is 1.75.